The van der Waals surface area contributed by atoms with Gasteiger partial charge in [-0.3, -0.25) is 0 Å². The molecule has 7 nitrogen and oxygen atoms in total. The van der Waals surface area contributed by atoms with Gasteiger partial charge in [-0.15, -0.1) is 0 Å². The van der Waals surface area contributed by atoms with Crippen LogP contribution in [0, 0.1) is 13.8 Å². The van der Waals surface area contributed by atoms with Crippen molar-refractivity contribution in [2.45, 2.75) is 33.6 Å². The summed E-state index contributed by atoms with van der Waals surface area (Å²) in [5.41, 5.74) is 4.29. The van der Waals surface area contributed by atoms with E-state index in [-0.39, 0.29) is 0 Å². The van der Waals surface area contributed by atoms with Crippen molar-refractivity contribution in [3.8, 4) is 11.5 Å². The molecule has 0 saturated heterocycles. The second-order valence-corrected chi connectivity index (χ2v) is 6.17. The summed E-state index contributed by atoms with van der Waals surface area (Å²) in [6, 6.07) is 9.61. The van der Waals surface area contributed by atoms with E-state index in [4.69, 9.17) is 4.84 Å². The summed E-state index contributed by atoms with van der Waals surface area (Å²) in [4.78, 5) is 27.3. The molecule has 7 heteroatoms. The van der Waals surface area contributed by atoms with Crippen molar-refractivity contribution in [3.05, 3.63) is 65.6 Å². The molecule has 0 amide bonds. The predicted octanol–water partition coefficient (Wildman–Crippen LogP) is 3.32. The normalized spacial score (nSPS) is 11.4. The number of pyridine rings is 1. The molecule has 27 heavy (non-hydrogen) atoms. The average molecular weight is 362 g/mol. The van der Waals surface area contributed by atoms with Gasteiger partial charge >= 0.3 is 0 Å². The van der Waals surface area contributed by atoms with E-state index < -0.39 is 0 Å². The molecule has 0 aliphatic rings. The molecular formula is C20H22N6O. The van der Waals surface area contributed by atoms with Gasteiger partial charge in [0.1, 0.15) is 18.0 Å². The fraction of sp³-hybridized carbons (Fsp3) is 0.300. The van der Waals surface area contributed by atoms with Crippen LogP contribution in [0.5, 0.6) is 0 Å². The van der Waals surface area contributed by atoms with Crippen LogP contribution in [0.15, 0.2) is 47.9 Å². The van der Waals surface area contributed by atoms with E-state index in [1.807, 2.05) is 45.0 Å². The zero-order valence-electron chi connectivity index (χ0n) is 15.8. The van der Waals surface area contributed by atoms with Gasteiger partial charge in [-0.25, -0.2) is 24.9 Å². The maximum absolute atomic E-state index is 5.38. The molecule has 0 bridgehead atoms. The van der Waals surface area contributed by atoms with E-state index in [0.717, 1.165) is 35.6 Å². The third-order valence-corrected chi connectivity index (χ3v) is 3.78. The maximum Gasteiger partial charge on any atom is 0.178 e. The number of nitrogens with zero attached hydrogens (tertiary/aromatic N) is 6. The summed E-state index contributed by atoms with van der Waals surface area (Å²) in [6.45, 7) is 6.24. The number of aryl methyl sites for hydroxylation is 3. The Balaban J connectivity index is 1.57. The first-order valence-electron chi connectivity index (χ1n) is 8.84. The summed E-state index contributed by atoms with van der Waals surface area (Å²) >= 11 is 0. The van der Waals surface area contributed by atoms with Crippen molar-refractivity contribution < 1.29 is 4.84 Å². The Hall–Kier alpha value is -3.22. The molecular weight excluding hydrogens is 340 g/mol. The highest BCUT2D eigenvalue weighted by molar-refractivity contribution is 5.94. The third-order valence-electron chi connectivity index (χ3n) is 3.78. The Bertz CT molecular complexity index is 927. The van der Waals surface area contributed by atoms with Crippen molar-refractivity contribution in [3.63, 3.8) is 0 Å². The second-order valence-electron chi connectivity index (χ2n) is 6.17. The number of aromatic nitrogens is 5. The van der Waals surface area contributed by atoms with E-state index in [0.29, 0.717) is 24.0 Å². The Kier molecular flexibility index (Phi) is 6.14. The smallest absolute Gasteiger partial charge is 0.178 e. The van der Waals surface area contributed by atoms with E-state index >= 15 is 0 Å². The van der Waals surface area contributed by atoms with Crippen LogP contribution in [0.3, 0.4) is 0 Å². The highest BCUT2D eigenvalue weighted by Crippen LogP contribution is 2.14. The van der Waals surface area contributed by atoms with Crippen molar-refractivity contribution in [2.24, 2.45) is 5.16 Å². The quantitative estimate of drug-likeness (QED) is 0.364. The van der Waals surface area contributed by atoms with Gasteiger partial charge in [-0.2, -0.15) is 0 Å². The minimum Gasteiger partial charge on any atom is -0.395 e. The van der Waals surface area contributed by atoms with Crippen molar-refractivity contribution in [1.82, 2.24) is 24.9 Å². The standard InChI is InChI=1S/C20H22N6O/c1-14-7-4-9-18(23-14)20-24-15(2)13-17(25-20)8-5-12-27-26-16(3)19-21-10-6-11-22-19/h4,6-7,9-11,13H,5,8,12H2,1-3H3. The van der Waals surface area contributed by atoms with Gasteiger partial charge in [0, 0.05) is 29.5 Å². The van der Waals surface area contributed by atoms with Crippen molar-refractivity contribution >= 4 is 5.71 Å². The molecule has 0 spiro atoms. The number of oxime groups is 1. The molecule has 3 rings (SSSR count). The third kappa shape index (κ3) is 5.37. The number of hydrogen-bond acceptors (Lipinski definition) is 7. The Morgan fingerprint density at radius 2 is 1.81 bits per heavy atom. The van der Waals surface area contributed by atoms with Gasteiger partial charge in [0.2, 0.25) is 0 Å². The molecule has 0 N–H and O–H groups in total. The summed E-state index contributed by atoms with van der Waals surface area (Å²) < 4.78 is 0. The van der Waals surface area contributed by atoms with Crippen molar-refractivity contribution in [2.75, 3.05) is 6.61 Å². The predicted molar refractivity (Wildman–Crippen MR) is 103 cm³/mol. The zero-order valence-corrected chi connectivity index (χ0v) is 15.8. The van der Waals surface area contributed by atoms with E-state index in [9.17, 15) is 0 Å². The molecule has 0 aliphatic carbocycles. The minimum absolute atomic E-state index is 0.491. The van der Waals surface area contributed by atoms with E-state index in [1.54, 1.807) is 18.5 Å². The second kappa shape index (κ2) is 8.93. The fourth-order valence-corrected chi connectivity index (χ4v) is 2.53. The monoisotopic (exact) mass is 362 g/mol. The first kappa shape index (κ1) is 18.6. The molecule has 0 fully saturated rings. The lowest BCUT2D eigenvalue weighted by Gasteiger charge is -2.06. The SMILES string of the molecule is CC(=NOCCCc1cc(C)nc(-c2cccc(C)n2)n1)c1ncccn1. The summed E-state index contributed by atoms with van der Waals surface area (Å²) in [5.74, 6) is 1.23. The average Bonchev–Trinajstić information content (AvgIpc) is 2.68. The Labute approximate surface area is 158 Å². The van der Waals surface area contributed by atoms with Gasteiger partial charge in [-0.05, 0) is 57.9 Å². The Morgan fingerprint density at radius 3 is 2.59 bits per heavy atom. The maximum atomic E-state index is 5.38. The molecule has 0 saturated carbocycles. The lowest BCUT2D eigenvalue weighted by atomic mass is 10.2. The van der Waals surface area contributed by atoms with Crippen LogP contribution in [0.4, 0.5) is 0 Å². The summed E-state index contributed by atoms with van der Waals surface area (Å²) in [7, 11) is 0. The zero-order chi connectivity index (χ0) is 19.1. The minimum atomic E-state index is 0.491. The molecule has 138 valence electrons. The molecule has 3 aromatic heterocycles. The summed E-state index contributed by atoms with van der Waals surface area (Å²) in [6.07, 6.45) is 4.93. The van der Waals surface area contributed by atoms with Crippen LogP contribution in [0.2, 0.25) is 0 Å². The van der Waals surface area contributed by atoms with Gasteiger partial charge in [0.25, 0.3) is 0 Å². The molecule has 0 atom stereocenters. The van der Waals surface area contributed by atoms with Gasteiger partial charge in [0.15, 0.2) is 11.6 Å². The molecule has 0 unspecified atom stereocenters. The largest absolute Gasteiger partial charge is 0.395 e. The highest BCUT2D eigenvalue weighted by atomic mass is 16.6. The van der Waals surface area contributed by atoms with Crippen LogP contribution in [0.25, 0.3) is 11.5 Å². The van der Waals surface area contributed by atoms with Crippen LogP contribution in [-0.4, -0.2) is 37.2 Å². The van der Waals surface area contributed by atoms with E-state index in [2.05, 4.69) is 30.1 Å². The number of rotatable bonds is 7. The highest BCUT2D eigenvalue weighted by Gasteiger charge is 2.07. The Morgan fingerprint density at radius 1 is 1.00 bits per heavy atom. The van der Waals surface area contributed by atoms with Crippen LogP contribution in [-0.2, 0) is 11.3 Å². The fourth-order valence-electron chi connectivity index (χ4n) is 2.53. The van der Waals surface area contributed by atoms with Crippen molar-refractivity contribution in [1.29, 1.82) is 0 Å². The molecule has 0 radical (unpaired) electrons. The van der Waals surface area contributed by atoms with Crippen LogP contribution < -0.4 is 0 Å². The van der Waals surface area contributed by atoms with Crippen LogP contribution in [0.1, 0.15) is 36.3 Å². The first-order valence-corrected chi connectivity index (χ1v) is 8.84. The molecule has 3 aromatic rings. The van der Waals surface area contributed by atoms with E-state index in [1.165, 1.54) is 0 Å². The summed E-state index contributed by atoms with van der Waals surface area (Å²) in [5, 5.41) is 4.07. The lowest BCUT2D eigenvalue weighted by molar-refractivity contribution is 0.141. The molecule has 0 aromatic carbocycles. The topological polar surface area (TPSA) is 86.0 Å². The molecule has 0 aliphatic heterocycles. The first-order chi connectivity index (χ1) is 13.1. The van der Waals surface area contributed by atoms with Gasteiger partial charge < -0.3 is 4.84 Å². The van der Waals surface area contributed by atoms with Gasteiger partial charge in [0.05, 0.1) is 0 Å². The lowest BCUT2D eigenvalue weighted by Crippen LogP contribution is -2.04. The van der Waals surface area contributed by atoms with Crippen LogP contribution >= 0.6 is 0 Å². The van der Waals surface area contributed by atoms with Gasteiger partial charge in [-0.1, -0.05) is 11.2 Å². The molecule has 3 heterocycles. The number of hydrogen-bond donors (Lipinski definition) is 0.